The topological polar surface area (TPSA) is 46.4 Å². The van der Waals surface area contributed by atoms with Gasteiger partial charge in [-0.15, -0.1) is 0 Å². The lowest BCUT2D eigenvalue weighted by Crippen LogP contribution is -2.29. The molecule has 0 radical (unpaired) electrons. The van der Waals surface area contributed by atoms with Crippen LogP contribution in [-0.4, -0.2) is 22.4 Å². The van der Waals surface area contributed by atoms with E-state index >= 15 is 0 Å². The largest absolute Gasteiger partial charge is 0.304 e. The Morgan fingerprint density at radius 1 is 1.47 bits per heavy atom. The molecule has 0 aliphatic rings. The van der Waals surface area contributed by atoms with Gasteiger partial charge in [0.2, 0.25) is 5.82 Å². The van der Waals surface area contributed by atoms with Gasteiger partial charge in [0.25, 0.3) is 0 Å². The van der Waals surface area contributed by atoms with Crippen LogP contribution >= 0.6 is 0 Å². The zero-order valence-electron chi connectivity index (χ0n) is 10.3. The van der Waals surface area contributed by atoms with Crippen molar-refractivity contribution in [2.24, 2.45) is 0 Å². The Morgan fingerprint density at radius 2 is 2.12 bits per heavy atom. The van der Waals surface area contributed by atoms with Gasteiger partial charge >= 0.3 is 5.69 Å². The van der Waals surface area contributed by atoms with E-state index < -0.39 is 16.4 Å². The van der Waals surface area contributed by atoms with Crippen molar-refractivity contribution in [3.63, 3.8) is 0 Å². The van der Waals surface area contributed by atoms with E-state index in [1.54, 1.807) is 6.07 Å². The van der Waals surface area contributed by atoms with Crippen LogP contribution in [0.15, 0.2) is 18.2 Å². The predicted octanol–water partition coefficient (Wildman–Crippen LogP) is 2.96. The van der Waals surface area contributed by atoms with E-state index in [1.807, 2.05) is 6.92 Å². The fourth-order valence-corrected chi connectivity index (χ4v) is 1.69. The van der Waals surface area contributed by atoms with E-state index in [0.29, 0.717) is 12.6 Å². The van der Waals surface area contributed by atoms with Gasteiger partial charge in [-0.2, -0.15) is 4.39 Å². The summed E-state index contributed by atoms with van der Waals surface area (Å²) in [5, 5.41) is 10.5. The summed E-state index contributed by atoms with van der Waals surface area (Å²) in [7, 11) is 0. The van der Waals surface area contributed by atoms with Crippen molar-refractivity contribution in [3.8, 4) is 0 Å². The fraction of sp³-hybridized carbons (Fsp3) is 0.500. The number of nitro groups is 1. The SMILES string of the molecule is CCN(Cc1ccc([N+](=O)[O-])c(F)c1)C(C)C. The van der Waals surface area contributed by atoms with Crippen LogP contribution in [0.4, 0.5) is 10.1 Å². The summed E-state index contributed by atoms with van der Waals surface area (Å²) in [5.41, 5.74) is 0.282. The summed E-state index contributed by atoms with van der Waals surface area (Å²) in [6, 6.07) is 4.42. The molecule has 0 spiro atoms. The highest BCUT2D eigenvalue weighted by molar-refractivity contribution is 5.34. The molecule has 0 heterocycles. The molecule has 0 N–H and O–H groups in total. The molecule has 1 aromatic rings. The van der Waals surface area contributed by atoms with Crippen LogP contribution in [0.5, 0.6) is 0 Å². The van der Waals surface area contributed by atoms with E-state index in [-0.39, 0.29) is 0 Å². The molecule has 0 aliphatic heterocycles. The third-order valence-corrected chi connectivity index (χ3v) is 2.73. The Kier molecular flexibility index (Phi) is 4.57. The van der Waals surface area contributed by atoms with Crippen molar-refractivity contribution in [2.75, 3.05) is 6.54 Å². The molecule has 1 rings (SSSR count). The average molecular weight is 240 g/mol. The molecule has 0 amide bonds. The van der Waals surface area contributed by atoms with Crippen LogP contribution < -0.4 is 0 Å². The van der Waals surface area contributed by atoms with E-state index in [0.717, 1.165) is 12.1 Å². The molecule has 0 unspecified atom stereocenters. The van der Waals surface area contributed by atoms with Crippen molar-refractivity contribution in [1.29, 1.82) is 0 Å². The number of nitrogens with zero attached hydrogens (tertiary/aromatic N) is 2. The molecule has 0 bridgehead atoms. The van der Waals surface area contributed by atoms with Crippen LogP contribution in [0.25, 0.3) is 0 Å². The van der Waals surface area contributed by atoms with Crippen molar-refractivity contribution < 1.29 is 9.31 Å². The Bertz CT molecular complexity index is 407. The highest BCUT2D eigenvalue weighted by Gasteiger charge is 2.15. The van der Waals surface area contributed by atoms with Gasteiger partial charge in [0.05, 0.1) is 4.92 Å². The molecule has 1 aromatic carbocycles. The summed E-state index contributed by atoms with van der Waals surface area (Å²) in [5.74, 6) is -0.771. The molecule has 4 nitrogen and oxygen atoms in total. The second-order valence-corrected chi connectivity index (χ2v) is 4.20. The number of halogens is 1. The Hall–Kier alpha value is -1.49. The van der Waals surface area contributed by atoms with Crippen LogP contribution in [0, 0.1) is 15.9 Å². The minimum Gasteiger partial charge on any atom is -0.297 e. The van der Waals surface area contributed by atoms with Crippen LogP contribution in [0.1, 0.15) is 26.3 Å². The van der Waals surface area contributed by atoms with Crippen LogP contribution in [0.2, 0.25) is 0 Å². The quantitative estimate of drug-likeness (QED) is 0.587. The lowest BCUT2D eigenvalue weighted by atomic mass is 10.1. The lowest BCUT2D eigenvalue weighted by molar-refractivity contribution is -0.387. The van der Waals surface area contributed by atoms with Crippen molar-refractivity contribution in [3.05, 3.63) is 39.7 Å². The fourth-order valence-electron chi connectivity index (χ4n) is 1.69. The standard InChI is InChI=1S/C12H17FN2O2/c1-4-14(9(2)3)8-10-5-6-12(15(16)17)11(13)7-10/h5-7,9H,4,8H2,1-3H3. The third-order valence-electron chi connectivity index (χ3n) is 2.73. The number of hydrogen-bond donors (Lipinski definition) is 0. The van der Waals surface area contributed by atoms with Gasteiger partial charge in [0, 0.05) is 18.7 Å². The molecule has 0 fully saturated rings. The molecule has 0 saturated carbocycles. The zero-order chi connectivity index (χ0) is 13.0. The first-order valence-corrected chi connectivity index (χ1v) is 5.62. The molecule has 0 aromatic heterocycles. The maximum Gasteiger partial charge on any atom is 0.304 e. The van der Waals surface area contributed by atoms with Gasteiger partial charge in [-0.05, 0) is 32.0 Å². The van der Waals surface area contributed by atoms with Gasteiger partial charge in [-0.25, -0.2) is 0 Å². The van der Waals surface area contributed by atoms with Gasteiger partial charge < -0.3 is 0 Å². The normalized spacial score (nSPS) is 11.2. The van der Waals surface area contributed by atoms with Gasteiger partial charge in [-0.3, -0.25) is 15.0 Å². The van der Waals surface area contributed by atoms with Crippen molar-refractivity contribution >= 4 is 5.69 Å². The van der Waals surface area contributed by atoms with Crippen molar-refractivity contribution in [1.82, 2.24) is 4.90 Å². The summed E-state index contributed by atoms with van der Waals surface area (Å²) in [6.45, 7) is 7.61. The monoisotopic (exact) mass is 240 g/mol. The van der Waals surface area contributed by atoms with Crippen LogP contribution in [0.3, 0.4) is 0 Å². The third kappa shape index (κ3) is 3.49. The maximum atomic E-state index is 13.4. The molecular formula is C12H17FN2O2. The Labute approximate surface area is 100 Å². The summed E-state index contributed by atoms with van der Waals surface area (Å²) >= 11 is 0. The van der Waals surface area contributed by atoms with Gasteiger partial charge in [0.15, 0.2) is 0 Å². The molecule has 0 atom stereocenters. The number of rotatable bonds is 5. The highest BCUT2D eigenvalue weighted by atomic mass is 19.1. The zero-order valence-corrected chi connectivity index (χ0v) is 10.3. The minimum atomic E-state index is -0.771. The first-order valence-electron chi connectivity index (χ1n) is 5.62. The smallest absolute Gasteiger partial charge is 0.297 e. The summed E-state index contributed by atoms with van der Waals surface area (Å²) in [6.07, 6.45) is 0. The van der Waals surface area contributed by atoms with Gasteiger partial charge in [-0.1, -0.05) is 13.0 Å². The Morgan fingerprint density at radius 3 is 2.53 bits per heavy atom. The number of benzene rings is 1. The van der Waals surface area contributed by atoms with E-state index in [2.05, 4.69) is 18.7 Å². The Balaban J connectivity index is 2.87. The number of hydrogen-bond acceptors (Lipinski definition) is 3. The molecule has 0 saturated heterocycles. The molecule has 94 valence electrons. The second-order valence-electron chi connectivity index (χ2n) is 4.20. The first-order chi connectivity index (χ1) is 7.95. The van der Waals surface area contributed by atoms with Crippen molar-refractivity contribution in [2.45, 2.75) is 33.4 Å². The van der Waals surface area contributed by atoms with Gasteiger partial charge in [0.1, 0.15) is 0 Å². The average Bonchev–Trinajstić information content (AvgIpc) is 2.24. The van der Waals surface area contributed by atoms with Crippen LogP contribution in [-0.2, 0) is 6.54 Å². The molecule has 0 aliphatic carbocycles. The molecular weight excluding hydrogens is 223 g/mol. The first kappa shape index (κ1) is 13.6. The lowest BCUT2D eigenvalue weighted by Gasteiger charge is -2.24. The molecule has 5 heteroatoms. The summed E-state index contributed by atoms with van der Waals surface area (Å²) < 4.78 is 13.4. The van der Waals surface area contributed by atoms with E-state index in [4.69, 9.17) is 0 Å². The predicted molar refractivity (Wildman–Crippen MR) is 64.3 cm³/mol. The minimum absolute atomic E-state index is 0.359. The maximum absolute atomic E-state index is 13.4. The molecule has 17 heavy (non-hydrogen) atoms. The highest BCUT2D eigenvalue weighted by Crippen LogP contribution is 2.19. The van der Waals surface area contributed by atoms with E-state index in [1.165, 1.54) is 12.1 Å². The summed E-state index contributed by atoms with van der Waals surface area (Å²) in [4.78, 5) is 11.9. The van der Waals surface area contributed by atoms with E-state index in [9.17, 15) is 14.5 Å². The number of nitro benzene ring substituents is 1. The second kappa shape index (κ2) is 5.72.